The molecule has 1 aromatic heterocycles. The molecule has 1 amide bonds. The SMILES string of the molecule is CC(C)(C)N1CCN(CCNC(=O)c2nc(-c3ccc(C(F)(F)F)cc3)oc2-c2ccccc2[N+](=O)[O-])CC1. The molecule has 9 nitrogen and oxygen atoms in total. The van der Waals surface area contributed by atoms with E-state index in [9.17, 15) is 28.1 Å². The van der Waals surface area contributed by atoms with Crippen LogP contribution < -0.4 is 5.32 Å². The predicted molar refractivity (Wildman–Crippen MR) is 139 cm³/mol. The Morgan fingerprint density at radius 1 is 1.05 bits per heavy atom. The van der Waals surface area contributed by atoms with E-state index in [0.29, 0.717) is 13.1 Å². The van der Waals surface area contributed by atoms with Crippen molar-refractivity contribution in [2.45, 2.75) is 32.5 Å². The van der Waals surface area contributed by atoms with Gasteiger partial charge < -0.3 is 9.73 Å². The number of oxazole rings is 1. The molecular formula is C27H30F3N5O4. The van der Waals surface area contributed by atoms with Gasteiger partial charge in [0.1, 0.15) is 0 Å². The lowest BCUT2D eigenvalue weighted by molar-refractivity contribution is -0.384. The van der Waals surface area contributed by atoms with E-state index in [0.717, 1.165) is 38.3 Å². The summed E-state index contributed by atoms with van der Waals surface area (Å²) in [5.74, 6) is -0.854. The number of amides is 1. The first kappa shape index (κ1) is 28.2. The first-order chi connectivity index (χ1) is 18.3. The van der Waals surface area contributed by atoms with Crippen molar-refractivity contribution in [3.05, 3.63) is 69.9 Å². The normalized spacial score (nSPS) is 15.3. The summed E-state index contributed by atoms with van der Waals surface area (Å²) in [5, 5.41) is 14.4. The third-order valence-electron chi connectivity index (χ3n) is 6.68. The lowest BCUT2D eigenvalue weighted by Gasteiger charge is -2.42. The molecule has 2 aromatic carbocycles. The Kier molecular flexibility index (Phi) is 8.07. The Balaban J connectivity index is 1.55. The summed E-state index contributed by atoms with van der Waals surface area (Å²) in [7, 11) is 0. The van der Waals surface area contributed by atoms with Gasteiger partial charge >= 0.3 is 6.18 Å². The predicted octanol–water partition coefficient (Wildman–Crippen LogP) is 5.08. The summed E-state index contributed by atoms with van der Waals surface area (Å²) in [6, 6.07) is 9.85. The van der Waals surface area contributed by atoms with Crippen LogP contribution in [0.25, 0.3) is 22.8 Å². The van der Waals surface area contributed by atoms with E-state index in [-0.39, 0.29) is 39.7 Å². The van der Waals surface area contributed by atoms with Crippen LogP contribution in [0.15, 0.2) is 52.9 Å². The van der Waals surface area contributed by atoms with Gasteiger partial charge in [-0.15, -0.1) is 0 Å². The molecule has 1 N–H and O–H groups in total. The molecule has 0 saturated carbocycles. The summed E-state index contributed by atoms with van der Waals surface area (Å²) >= 11 is 0. The van der Waals surface area contributed by atoms with Crippen LogP contribution in [0.2, 0.25) is 0 Å². The number of hydrogen-bond acceptors (Lipinski definition) is 7. The molecule has 0 unspecified atom stereocenters. The van der Waals surface area contributed by atoms with E-state index in [1.807, 2.05) is 0 Å². The fourth-order valence-electron chi connectivity index (χ4n) is 4.46. The fraction of sp³-hybridized carbons (Fsp3) is 0.407. The zero-order chi connectivity index (χ0) is 28.4. The van der Waals surface area contributed by atoms with Gasteiger partial charge in [-0.05, 0) is 51.1 Å². The second kappa shape index (κ2) is 11.1. The van der Waals surface area contributed by atoms with Gasteiger partial charge in [-0.2, -0.15) is 13.2 Å². The summed E-state index contributed by atoms with van der Waals surface area (Å²) in [6.45, 7) is 11.0. The maximum atomic E-state index is 13.2. The summed E-state index contributed by atoms with van der Waals surface area (Å²) < 4.78 is 44.8. The van der Waals surface area contributed by atoms with Crippen LogP contribution in [-0.4, -0.2) is 70.4 Å². The Hall–Kier alpha value is -3.77. The fourth-order valence-corrected chi connectivity index (χ4v) is 4.46. The Morgan fingerprint density at radius 2 is 1.69 bits per heavy atom. The second-order valence-corrected chi connectivity index (χ2v) is 10.3. The van der Waals surface area contributed by atoms with E-state index in [4.69, 9.17) is 4.42 Å². The van der Waals surface area contributed by atoms with Gasteiger partial charge in [0.05, 0.1) is 16.1 Å². The van der Waals surface area contributed by atoms with E-state index in [1.54, 1.807) is 6.07 Å². The molecule has 4 rings (SSSR count). The van der Waals surface area contributed by atoms with E-state index < -0.39 is 22.6 Å². The van der Waals surface area contributed by atoms with Crippen molar-refractivity contribution in [3.8, 4) is 22.8 Å². The van der Waals surface area contributed by atoms with Gasteiger partial charge in [0.25, 0.3) is 11.6 Å². The Labute approximate surface area is 223 Å². The highest BCUT2D eigenvalue weighted by atomic mass is 19.4. The first-order valence-corrected chi connectivity index (χ1v) is 12.5. The zero-order valence-electron chi connectivity index (χ0n) is 21.9. The van der Waals surface area contributed by atoms with Crippen molar-refractivity contribution in [1.82, 2.24) is 20.1 Å². The van der Waals surface area contributed by atoms with E-state index in [1.165, 1.54) is 30.3 Å². The van der Waals surface area contributed by atoms with Crippen molar-refractivity contribution >= 4 is 11.6 Å². The maximum absolute atomic E-state index is 13.2. The van der Waals surface area contributed by atoms with Crippen molar-refractivity contribution in [3.63, 3.8) is 0 Å². The minimum atomic E-state index is -4.52. The topological polar surface area (TPSA) is 105 Å². The van der Waals surface area contributed by atoms with Crippen LogP contribution in [-0.2, 0) is 6.18 Å². The number of nitrogens with zero attached hydrogens (tertiary/aromatic N) is 4. The number of benzene rings is 2. The largest absolute Gasteiger partial charge is 0.435 e. The molecule has 0 spiro atoms. The van der Waals surface area contributed by atoms with Crippen LogP contribution in [0.4, 0.5) is 18.9 Å². The van der Waals surface area contributed by atoms with Crippen LogP contribution in [0.5, 0.6) is 0 Å². The minimum Gasteiger partial charge on any atom is -0.435 e. The van der Waals surface area contributed by atoms with Crippen molar-refractivity contribution in [2.75, 3.05) is 39.3 Å². The molecule has 0 bridgehead atoms. The number of aromatic nitrogens is 1. The molecule has 1 saturated heterocycles. The number of piperazine rings is 1. The lowest BCUT2D eigenvalue weighted by Crippen LogP contribution is -2.54. The number of alkyl halides is 3. The molecule has 1 aliphatic heterocycles. The molecule has 12 heteroatoms. The number of halogens is 3. The third-order valence-corrected chi connectivity index (χ3v) is 6.68. The zero-order valence-corrected chi connectivity index (χ0v) is 21.9. The molecule has 3 aromatic rings. The average Bonchev–Trinajstić information content (AvgIpc) is 3.33. The molecule has 208 valence electrons. The Morgan fingerprint density at radius 3 is 2.28 bits per heavy atom. The molecule has 1 fully saturated rings. The van der Waals surface area contributed by atoms with E-state index >= 15 is 0 Å². The molecule has 2 heterocycles. The van der Waals surface area contributed by atoms with E-state index in [2.05, 4.69) is 40.9 Å². The molecule has 39 heavy (non-hydrogen) atoms. The lowest BCUT2D eigenvalue weighted by atomic mass is 10.1. The van der Waals surface area contributed by atoms with Crippen molar-refractivity contribution in [1.29, 1.82) is 0 Å². The number of carbonyl (C=O) groups is 1. The molecule has 0 aliphatic carbocycles. The number of hydrogen-bond donors (Lipinski definition) is 1. The van der Waals surface area contributed by atoms with Gasteiger partial charge in [-0.25, -0.2) is 4.98 Å². The molecular weight excluding hydrogens is 515 g/mol. The quantitative estimate of drug-likeness (QED) is 0.326. The minimum absolute atomic E-state index is 0.0385. The van der Waals surface area contributed by atoms with Crippen LogP contribution in [0, 0.1) is 10.1 Å². The highest BCUT2D eigenvalue weighted by molar-refractivity contribution is 5.99. The highest BCUT2D eigenvalue weighted by Crippen LogP contribution is 2.36. The van der Waals surface area contributed by atoms with Gasteiger partial charge in [-0.3, -0.25) is 24.7 Å². The Bertz CT molecular complexity index is 1320. The third kappa shape index (κ3) is 6.63. The number of nitro benzene ring substituents is 1. The summed E-state index contributed by atoms with van der Waals surface area (Å²) in [4.78, 5) is 33.1. The van der Waals surface area contributed by atoms with Crippen molar-refractivity contribution < 1.29 is 27.3 Å². The van der Waals surface area contributed by atoms with Crippen LogP contribution in [0.3, 0.4) is 0 Å². The number of nitrogens with one attached hydrogen (secondary N) is 1. The standard InChI is InChI=1S/C27H30F3N5O4/c1-26(2,3)34-16-14-33(15-17-34)13-12-31-24(36)22-23(20-6-4-5-7-21(20)35(37)38)39-25(32-22)18-8-10-19(11-9-18)27(28,29)30/h4-11H,12-17H2,1-3H3,(H,31,36). The number of carbonyl (C=O) groups excluding carboxylic acids is 1. The first-order valence-electron chi connectivity index (χ1n) is 12.5. The van der Waals surface area contributed by atoms with Gasteiger partial charge in [0, 0.05) is 56.4 Å². The number of rotatable bonds is 7. The van der Waals surface area contributed by atoms with Crippen LogP contribution in [0.1, 0.15) is 36.8 Å². The summed E-state index contributed by atoms with van der Waals surface area (Å²) in [5.41, 5.74) is -1.00. The van der Waals surface area contributed by atoms with Gasteiger partial charge in [-0.1, -0.05) is 12.1 Å². The second-order valence-electron chi connectivity index (χ2n) is 10.3. The number of para-hydroxylation sites is 1. The van der Waals surface area contributed by atoms with Gasteiger partial charge in [0.2, 0.25) is 5.89 Å². The molecule has 1 aliphatic rings. The molecule has 0 radical (unpaired) electrons. The number of nitro groups is 1. The monoisotopic (exact) mass is 545 g/mol. The van der Waals surface area contributed by atoms with Gasteiger partial charge in [0.15, 0.2) is 11.5 Å². The van der Waals surface area contributed by atoms with Crippen LogP contribution >= 0.6 is 0 Å². The molecule has 0 atom stereocenters. The highest BCUT2D eigenvalue weighted by Gasteiger charge is 2.31. The van der Waals surface area contributed by atoms with Crippen molar-refractivity contribution in [2.24, 2.45) is 0 Å². The summed E-state index contributed by atoms with van der Waals surface area (Å²) in [6.07, 6.45) is -4.52. The smallest absolute Gasteiger partial charge is 0.416 e. The average molecular weight is 546 g/mol. The maximum Gasteiger partial charge on any atom is 0.416 e.